The first-order valence-corrected chi connectivity index (χ1v) is 5.33. The zero-order valence-electron chi connectivity index (χ0n) is 5.62. The fraction of sp³-hybridized carbons (Fsp3) is 0.200. The Balaban J connectivity index is 0.000000187. The highest BCUT2D eigenvalue weighted by atomic mass is 32.2. The highest BCUT2D eigenvalue weighted by molar-refractivity contribution is 8.02. The second kappa shape index (κ2) is 5.57. The summed E-state index contributed by atoms with van der Waals surface area (Å²) in [5.74, 6) is 1.15. The van der Waals surface area contributed by atoms with Crippen molar-refractivity contribution in [3.63, 3.8) is 0 Å². The molecule has 6 heteroatoms. The smallest absolute Gasteiger partial charge is 0.303 e. The van der Waals surface area contributed by atoms with E-state index >= 15 is 0 Å². The highest BCUT2D eigenvalue weighted by Crippen LogP contribution is 2.25. The van der Waals surface area contributed by atoms with E-state index in [2.05, 4.69) is 17.6 Å². The first kappa shape index (κ1) is 10.9. The molecular weight excluding hydrogens is 187 g/mol. The quantitative estimate of drug-likeness (QED) is 0.501. The largest absolute Gasteiger partial charge is 0.466 e. The van der Waals surface area contributed by atoms with Gasteiger partial charge in [0, 0.05) is 5.75 Å². The molecule has 1 aliphatic rings. The molecule has 0 aliphatic carbocycles. The maximum Gasteiger partial charge on any atom is 0.466 e. The van der Waals surface area contributed by atoms with E-state index in [4.69, 9.17) is 19.2 Å². The standard InChI is InChI=1S/C5H6S.H3O4P/c1-2-4-6-5-3-1;1-5(2,3)4/h1-4H,5H2;(H3,1,2,3,4). The van der Waals surface area contributed by atoms with Crippen molar-refractivity contribution in [2.24, 2.45) is 0 Å². The van der Waals surface area contributed by atoms with Crippen molar-refractivity contribution in [2.45, 2.75) is 0 Å². The molecule has 0 aromatic rings. The molecule has 0 unspecified atom stereocenters. The number of rotatable bonds is 0. The summed E-state index contributed by atoms with van der Waals surface area (Å²) in [4.78, 5) is 21.6. The predicted molar refractivity (Wildman–Crippen MR) is 45.0 cm³/mol. The number of allylic oxidation sites excluding steroid dienone is 2. The normalized spacial score (nSPS) is 15.5. The molecule has 4 nitrogen and oxygen atoms in total. The first-order chi connectivity index (χ1) is 5.00. The molecule has 0 fully saturated rings. The van der Waals surface area contributed by atoms with Gasteiger partial charge < -0.3 is 14.7 Å². The molecule has 1 aliphatic heterocycles. The zero-order valence-corrected chi connectivity index (χ0v) is 7.33. The van der Waals surface area contributed by atoms with Crippen molar-refractivity contribution in [3.05, 3.63) is 23.6 Å². The monoisotopic (exact) mass is 196 g/mol. The van der Waals surface area contributed by atoms with E-state index in [0.717, 1.165) is 5.75 Å². The molecule has 0 spiro atoms. The Labute approximate surface area is 68.9 Å². The minimum absolute atomic E-state index is 1.15. The predicted octanol–water partition coefficient (Wildman–Crippen LogP) is 0.874. The minimum Gasteiger partial charge on any atom is -0.303 e. The van der Waals surface area contributed by atoms with Crippen LogP contribution in [-0.4, -0.2) is 20.4 Å². The van der Waals surface area contributed by atoms with E-state index in [1.54, 1.807) is 0 Å². The summed E-state index contributed by atoms with van der Waals surface area (Å²) in [7, 11) is -4.64. The minimum atomic E-state index is -4.64. The second-order valence-corrected chi connectivity index (χ2v) is 3.57. The molecule has 0 amide bonds. The summed E-state index contributed by atoms with van der Waals surface area (Å²) in [6.45, 7) is 0. The fourth-order valence-electron chi connectivity index (χ4n) is 0.346. The average Bonchev–Trinajstić information content (AvgIpc) is 1.88. The van der Waals surface area contributed by atoms with Crippen LogP contribution in [-0.2, 0) is 4.57 Å². The van der Waals surface area contributed by atoms with Gasteiger partial charge in [-0.2, -0.15) is 0 Å². The summed E-state index contributed by atoms with van der Waals surface area (Å²) in [6, 6.07) is 0. The van der Waals surface area contributed by atoms with Gasteiger partial charge in [0.2, 0.25) is 0 Å². The highest BCUT2D eigenvalue weighted by Gasteiger charge is 2.00. The van der Waals surface area contributed by atoms with Crippen LogP contribution in [0, 0.1) is 0 Å². The van der Waals surface area contributed by atoms with Crippen LogP contribution in [0.2, 0.25) is 0 Å². The Kier molecular flexibility index (Phi) is 5.54. The Morgan fingerprint density at radius 1 is 1.27 bits per heavy atom. The van der Waals surface area contributed by atoms with Crippen LogP contribution in [0.3, 0.4) is 0 Å². The molecule has 11 heavy (non-hydrogen) atoms. The fourth-order valence-corrected chi connectivity index (χ4v) is 0.881. The van der Waals surface area contributed by atoms with Crippen LogP contribution in [0.1, 0.15) is 0 Å². The van der Waals surface area contributed by atoms with Crippen LogP contribution in [0.4, 0.5) is 0 Å². The van der Waals surface area contributed by atoms with Gasteiger partial charge in [0.05, 0.1) is 0 Å². The Hall–Kier alpha value is -0.0600. The van der Waals surface area contributed by atoms with Crippen molar-refractivity contribution in [1.82, 2.24) is 0 Å². The Morgan fingerprint density at radius 3 is 1.91 bits per heavy atom. The molecular formula is C5H9O4PS. The third kappa shape index (κ3) is 17.8. The zero-order chi connectivity index (χ0) is 8.74. The van der Waals surface area contributed by atoms with E-state index < -0.39 is 7.82 Å². The summed E-state index contributed by atoms with van der Waals surface area (Å²) in [5, 5.41) is 2.10. The van der Waals surface area contributed by atoms with Gasteiger partial charge in [0.15, 0.2) is 0 Å². The molecule has 0 saturated carbocycles. The number of hydrogen-bond donors (Lipinski definition) is 3. The van der Waals surface area contributed by atoms with Gasteiger partial charge in [-0.05, 0) is 5.41 Å². The molecule has 3 N–H and O–H groups in total. The number of hydrogen-bond acceptors (Lipinski definition) is 2. The van der Waals surface area contributed by atoms with Crippen molar-refractivity contribution >= 4 is 19.6 Å². The molecule has 64 valence electrons. The van der Waals surface area contributed by atoms with Gasteiger partial charge in [-0.3, -0.25) is 0 Å². The van der Waals surface area contributed by atoms with Crippen molar-refractivity contribution < 1.29 is 19.2 Å². The summed E-state index contributed by atoms with van der Waals surface area (Å²) >= 11 is 1.83. The van der Waals surface area contributed by atoms with Gasteiger partial charge in [-0.25, -0.2) is 4.57 Å². The molecule has 1 rings (SSSR count). The second-order valence-electron chi connectivity index (χ2n) is 1.60. The molecule has 0 aromatic heterocycles. The lowest BCUT2D eigenvalue weighted by Crippen LogP contribution is -1.67. The third-order valence-corrected chi connectivity index (χ3v) is 1.35. The summed E-state index contributed by atoms with van der Waals surface area (Å²) in [6.07, 6.45) is 6.26. The van der Waals surface area contributed by atoms with Gasteiger partial charge in [0.25, 0.3) is 0 Å². The van der Waals surface area contributed by atoms with E-state index in [1.807, 2.05) is 17.8 Å². The number of phosphoric acid groups is 1. The molecule has 0 aromatic carbocycles. The van der Waals surface area contributed by atoms with Crippen LogP contribution < -0.4 is 0 Å². The maximum absolute atomic E-state index is 8.88. The Bertz CT molecular complexity index is 174. The summed E-state index contributed by atoms with van der Waals surface area (Å²) < 4.78 is 8.88. The topological polar surface area (TPSA) is 77.8 Å². The maximum atomic E-state index is 8.88. The van der Waals surface area contributed by atoms with Crippen molar-refractivity contribution in [1.29, 1.82) is 0 Å². The van der Waals surface area contributed by atoms with E-state index in [9.17, 15) is 0 Å². The SMILES string of the molecule is C1=CCSC=C1.O=P(O)(O)O. The lowest BCUT2D eigenvalue weighted by molar-refractivity contribution is 0.275. The van der Waals surface area contributed by atoms with Crippen molar-refractivity contribution in [3.8, 4) is 0 Å². The van der Waals surface area contributed by atoms with Gasteiger partial charge in [-0.1, -0.05) is 18.2 Å². The van der Waals surface area contributed by atoms with Crippen LogP contribution in [0.15, 0.2) is 23.6 Å². The van der Waals surface area contributed by atoms with Gasteiger partial charge in [0.1, 0.15) is 0 Å². The van der Waals surface area contributed by atoms with Crippen LogP contribution in [0.5, 0.6) is 0 Å². The molecule has 0 radical (unpaired) electrons. The van der Waals surface area contributed by atoms with E-state index in [-0.39, 0.29) is 0 Å². The third-order valence-electron chi connectivity index (χ3n) is 0.614. The number of thioether (sulfide) groups is 1. The van der Waals surface area contributed by atoms with Gasteiger partial charge >= 0.3 is 7.82 Å². The van der Waals surface area contributed by atoms with Crippen LogP contribution >= 0.6 is 19.6 Å². The molecule has 0 atom stereocenters. The van der Waals surface area contributed by atoms with E-state index in [1.165, 1.54) is 0 Å². The van der Waals surface area contributed by atoms with Gasteiger partial charge in [-0.15, -0.1) is 11.8 Å². The Morgan fingerprint density at radius 2 is 1.82 bits per heavy atom. The average molecular weight is 196 g/mol. The van der Waals surface area contributed by atoms with Crippen molar-refractivity contribution in [2.75, 3.05) is 5.75 Å². The van der Waals surface area contributed by atoms with Crippen LogP contribution in [0.25, 0.3) is 0 Å². The lowest BCUT2D eigenvalue weighted by Gasteiger charge is -1.88. The molecule has 1 heterocycles. The lowest BCUT2D eigenvalue weighted by atomic mass is 10.5. The van der Waals surface area contributed by atoms with E-state index in [0.29, 0.717) is 0 Å². The molecule has 0 saturated heterocycles. The summed E-state index contributed by atoms with van der Waals surface area (Å²) in [5.41, 5.74) is 0. The molecule has 0 bridgehead atoms. The first-order valence-electron chi connectivity index (χ1n) is 2.72.